The van der Waals surface area contributed by atoms with Crippen molar-refractivity contribution in [1.29, 1.82) is 0 Å². The maximum absolute atomic E-state index is 12.5. The lowest BCUT2D eigenvalue weighted by atomic mass is 10.3. The Bertz CT molecular complexity index is 1250. The van der Waals surface area contributed by atoms with E-state index in [9.17, 15) is 8.42 Å². The maximum Gasteiger partial charge on any atom is 0.271 e. The number of ether oxygens (including phenoxy) is 1. The summed E-state index contributed by atoms with van der Waals surface area (Å²) >= 11 is 1.27. The molecule has 0 fully saturated rings. The summed E-state index contributed by atoms with van der Waals surface area (Å²) in [6.45, 7) is 3.77. The summed E-state index contributed by atoms with van der Waals surface area (Å²) in [4.78, 5) is 13.7. The molecule has 3 heterocycles. The predicted octanol–water partition coefficient (Wildman–Crippen LogP) is 4.19. The van der Waals surface area contributed by atoms with Crippen LogP contribution in [0.4, 0.5) is 5.69 Å². The SMILES string of the molecule is CCc1ccc(S(=O)(=O)Nc2ccc(Oc3cc(-n4ccnc4)nc(C)n3)cc2)s1. The fourth-order valence-electron chi connectivity index (χ4n) is 2.71. The molecule has 8 nitrogen and oxygen atoms in total. The molecule has 0 atom stereocenters. The van der Waals surface area contributed by atoms with Crippen molar-refractivity contribution in [3.8, 4) is 17.4 Å². The number of aryl methyl sites for hydroxylation is 2. The van der Waals surface area contributed by atoms with Gasteiger partial charge in [-0.2, -0.15) is 4.98 Å². The molecule has 1 N–H and O–H groups in total. The van der Waals surface area contributed by atoms with Gasteiger partial charge in [-0.3, -0.25) is 9.29 Å². The molecule has 10 heteroatoms. The molecule has 0 amide bonds. The van der Waals surface area contributed by atoms with Crippen LogP contribution in [0.2, 0.25) is 0 Å². The number of benzene rings is 1. The van der Waals surface area contributed by atoms with Gasteiger partial charge in [0.25, 0.3) is 10.0 Å². The van der Waals surface area contributed by atoms with Gasteiger partial charge >= 0.3 is 0 Å². The number of thiophene rings is 1. The van der Waals surface area contributed by atoms with Gasteiger partial charge in [0.05, 0.1) is 0 Å². The minimum absolute atomic E-state index is 0.295. The van der Waals surface area contributed by atoms with Crippen LogP contribution in [0.25, 0.3) is 5.82 Å². The average Bonchev–Trinajstić information content (AvgIpc) is 3.41. The van der Waals surface area contributed by atoms with Gasteiger partial charge in [0.1, 0.15) is 27.9 Å². The predicted molar refractivity (Wildman–Crippen MR) is 115 cm³/mol. The van der Waals surface area contributed by atoms with Gasteiger partial charge in [-0.15, -0.1) is 11.3 Å². The molecule has 0 aliphatic carbocycles. The number of aromatic nitrogens is 4. The highest BCUT2D eigenvalue weighted by atomic mass is 32.2. The van der Waals surface area contributed by atoms with E-state index in [0.717, 1.165) is 11.3 Å². The van der Waals surface area contributed by atoms with E-state index in [-0.39, 0.29) is 0 Å². The highest BCUT2D eigenvalue weighted by molar-refractivity contribution is 7.94. The Hall–Kier alpha value is -3.24. The third kappa shape index (κ3) is 4.50. The Labute approximate surface area is 178 Å². The number of hydrogen-bond acceptors (Lipinski definition) is 7. The second kappa shape index (κ2) is 8.25. The molecule has 0 saturated carbocycles. The molecule has 1 aromatic carbocycles. The summed E-state index contributed by atoms with van der Waals surface area (Å²) in [6, 6.07) is 11.8. The maximum atomic E-state index is 12.5. The van der Waals surface area contributed by atoms with Crippen LogP contribution in [0.3, 0.4) is 0 Å². The number of rotatable bonds is 7. The summed E-state index contributed by atoms with van der Waals surface area (Å²) in [7, 11) is -3.61. The molecule has 3 aromatic heterocycles. The van der Waals surface area contributed by atoms with Crippen LogP contribution in [0.1, 0.15) is 17.6 Å². The number of sulfonamides is 1. The zero-order chi connectivity index (χ0) is 21.1. The van der Waals surface area contributed by atoms with E-state index in [1.165, 1.54) is 11.3 Å². The Kier molecular flexibility index (Phi) is 5.51. The van der Waals surface area contributed by atoms with Crippen LogP contribution in [0.5, 0.6) is 11.6 Å². The molecule has 154 valence electrons. The monoisotopic (exact) mass is 441 g/mol. The Morgan fingerprint density at radius 1 is 1.13 bits per heavy atom. The Balaban J connectivity index is 1.49. The van der Waals surface area contributed by atoms with E-state index in [4.69, 9.17) is 4.74 Å². The number of nitrogens with one attached hydrogen (secondary N) is 1. The fourth-order valence-corrected chi connectivity index (χ4v) is 5.07. The van der Waals surface area contributed by atoms with Crippen LogP contribution in [-0.2, 0) is 16.4 Å². The first-order valence-corrected chi connectivity index (χ1v) is 11.5. The second-order valence-electron chi connectivity index (χ2n) is 6.39. The van der Waals surface area contributed by atoms with Crippen molar-refractivity contribution in [1.82, 2.24) is 19.5 Å². The smallest absolute Gasteiger partial charge is 0.271 e. The molecule has 4 aromatic rings. The second-order valence-corrected chi connectivity index (χ2v) is 9.47. The standard InChI is InChI=1S/C20H19N5O3S2/c1-3-17-8-9-20(29-17)30(26,27)24-15-4-6-16(7-5-15)28-19-12-18(22-14(2)23-19)25-11-10-21-13-25/h4-13,24H,3H2,1-2H3. The first kappa shape index (κ1) is 20.0. The molecule has 0 saturated heterocycles. The highest BCUT2D eigenvalue weighted by Crippen LogP contribution is 2.27. The molecular weight excluding hydrogens is 422 g/mol. The number of imidazole rings is 1. The van der Waals surface area contributed by atoms with E-state index < -0.39 is 10.0 Å². The minimum atomic E-state index is -3.61. The summed E-state index contributed by atoms with van der Waals surface area (Å²) in [5, 5.41) is 0. The molecule has 0 radical (unpaired) electrons. The topological polar surface area (TPSA) is 99.0 Å². The summed E-state index contributed by atoms with van der Waals surface area (Å²) < 4.78 is 35.5. The first-order valence-electron chi connectivity index (χ1n) is 9.16. The molecule has 0 aliphatic rings. The van der Waals surface area contributed by atoms with Gasteiger partial charge in [-0.25, -0.2) is 18.4 Å². The molecule has 0 bridgehead atoms. The largest absolute Gasteiger partial charge is 0.439 e. The van der Waals surface area contributed by atoms with E-state index in [1.807, 2.05) is 13.0 Å². The number of anilines is 1. The third-order valence-electron chi connectivity index (χ3n) is 4.15. The van der Waals surface area contributed by atoms with Crippen molar-refractivity contribution in [2.24, 2.45) is 0 Å². The number of hydrogen-bond donors (Lipinski definition) is 1. The van der Waals surface area contributed by atoms with E-state index in [1.54, 1.807) is 66.6 Å². The molecule has 0 aliphatic heterocycles. The van der Waals surface area contributed by atoms with E-state index in [2.05, 4.69) is 19.7 Å². The van der Waals surface area contributed by atoms with Crippen LogP contribution in [-0.4, -0.2) is 27.9 Å². The molecule has 30 heavy (non-hydrogen) atoms. The molecule has 4 rings (SSSR count). The molecule has 0 spiro atoms. The van der Waals surface area contributed by atoms with Crippen molar-refractivity contribution >= 4 is 27.0 Å². The van der Waals surface area contributed by atoms with Crippen molar-refractivity contribution in [3.63, 3.8) is 0 Å². The quantitative estimate of drug-likeness (QED) is 0.462. The Morgan fingerprint density at radius 3 is 2.60 bits per heavy atom. The normalized spacial score (nSPS) is 11.4. The van der Waals surface area contributed by atoms with Gasteiger partial charge in [0.15, 0.2) is 0 Å². The van der Waals surface area contributed by atoms with Crippen LogP contribution >= 0.6 is 11.3 Å². The van der Waals surface area contributed by atoms with Crippen molar-refractivity contribution in [2.45, 2.75) is 24.5 Å². The minimum Gasteiger partial charge on any atom is -0.439 e. The lowest BCUT2D eigenvalue weighted by Gasteiger charge is -2.10. The number of nitrogens with zero attached hydrogens (tertiary/aromatic N) is 4. The highest BCUT2D eigenvalue weighted by Gasteiger charge is 2.17. The lowest BCUT2D eigenvalue weighted by molar-refractivity contribution is 0.459. The first-order chi connectivity index (χ1) is 14.4. The zero-order valence-corrected chi connectivity index (χ0v) is 17.9. The van der Waals surface area contributed by atoms with E-state index >= 15 is 0 Å². The van der Waals surface area contributed by atoms with Crippen molar-refractivity contribution in [2.75, 3.05) is 4.72 Å². The fraction of sp³-hybridized carbons (Fsp3) is 0.150. The third-order valence-corrected chi connectivity index (χ3v) is 7.25. The summed E-state index contributed by atoms with van der Waals surface area (Å²) in [5.41, 5.74) is 0.451. The van der Waals surface area contributed by atoms with Gasteiger partial charge in [-0.05, 0) is 49.7 Å². The molecule has 0 unspecified atom stereocenters. The summed E-state index contributed by atoms with van der Waals surface area (Å²) in [6.07, 6.45) is 5.89. The van der Waals surface area contributed by atoms with Crippen LogP contribution in [0.15, 0.2) is 65.4 Å². The Morgan fingerprint density at radius 2 is 1.93 bits per heavy atom. The van der Waals surface area contributed by atoms with Crippen LogP contribution in [0, 0.1) is 6.92 Å². The van der Waals surface area contributed by atoms with Crippen molar-refractivity contribution in [3.05, 3.63) is 71.9 Å². The zero-order valence-electron chi connectivity index (χ0n) is 16.3. The van der Waals surface area contributed by atoms with Crippen LogP contribution < -0.4 is 9.46 Å². The van der Waals surface area contributed by atoms with Gasteiger partial charge in [-0.1, -0.05) is 6.92 Å². The van der Waals surface area contributed by atoms with Gasteiger partial charge in [0, 0.05) is 29.0 Å². The van der Waals surface area contributed by atoms with Gasteiger partial charge in [0.2, 0.25) is 5.88 Å². The van der Waals surface area contributed by atoms with E-state index in [0.29, 0.717) is 33.2 Å². The molecular formula is C20H19N5O3S2. The van der Waals surface area contributed by atoms with Gasteiger partial charge < -0.3 is 4.74 Å². The average molecular weight is 442 g/mol. The summed E-state index contributed by atoms with van der Waals surface area (Å²) in [5.74, 6) is 2.10. The van der Waals surface area contributed by atoms with Crippen molar-refractivity contribution < 1.29 is 13.2 Å². The lowest BCUT2D eigenvalue weighted by Crippen LogP contribution is -2.11.